The average molecular weight is 686 g/mol. The molecule has 262 valence electrons. The molecule has 0 bridgehead atoms. The van der Waals surface area contributed by atoms with Crippen LogP contribution in [0.5, 0.6) is 28.9 Å². The Balaban J connectivity index is 1.40. The highest BCUT2D eigenvalue weighted by molar-refractivity contribution is 6.30. The number of aliphatic hydroxyl groups excluding tert-OH is 1. The first kappa shape index (κ1) is 37.0. The Morgan fingerprint density at radius 3 is 2.52 bits per heavy atom. The van der Waals surface area contributed by atoms with Crippen LogP contribution in [0.4, 0.5) is 4.79 Å². The number of para-hydroxylation sites is 1. The summed E-state index contributed by atoms with van der Waals surface area (Å²) < 4.78 is 35.2. The first-order valence-corrected chi connectivity index (χ1v) is 16.8. The van der Waals surface area contributed by atoms with E-state index in [2.05, 4.69) is 30.7 Å². The van der Waals surface area contributed by atoms with E-state index in [-0.39, 0.29) is 48.9 Å². The molecule has 4 rings (SSSR count). The Bertz CT molecular complexity index is 1480. The van der Waals surface area contributed by atoms with Crippen molar-refractivity contribution in [1.29, 1.82) is 0 Å². The number of benzene rings is 2. The van der Waals surface area contributed by atoms with Crippen LogP contribution in [0.3, 0.4) is 0 Å². The number of hydrogen-bond donors (Lipinski definition) is 1. The molecule has 2 heterocycles. The first-order chi connectivity index (χ1) is 23.1. The van der Waals surface area contributed by atoms with Crippen molar-refractivity contribution in [2.24, 2.45) is 5.41 Å². The number of nitrogens with zero attached hydrogens (tertiary/aromatic N) is 3. The predicted molar refractivity (Wildman–Crippen MR) is 183 cm³/mol. The summed E-state index contributed by atoms with van der Waals surface area (Å²) in [5, 5.41) is 9.69. The van der Waals surface area contributed by atoms with Crippen molar-refractivity contribution in [2.45, 2.75) is 72.4 Å². The van der Waals surface area contributed by atoms with E-state index in [0.29, 0.717) is 67.3 Å². The van der Waals surface area contributed by atoms with E-state index in [4.69, 9.17) is 40.0 Å². The molecule has 0 spiro atoms. The lowest BCUT2D eigenvalue weighted by molar-refractivity contribution is 0.0637. The zero-order valence-corrected chi connectivity index (χ0v) is 29.4. The third-order valence-electron chi connectivity index (χ3n) is 7.97. The van der Waals surface area contributed by atoms with Crippen molar-refractivity contribution >= 4 is 17.7 Å². The normalized spacial score (nSPS) is 14.8. The van der Waals surface area contributed by atoms with Gasteiger partial charge in [0.25, 0.3) is 0 Å². The van der Waals surface area contributed by atoms with Gasteiger partial charge in [-0.15, -0.1) is 0 Å². The minimum Gasteiger partial charge on any atom is -0.496 e. The predicted octanol–water partition coefficient (Wildman–Crippen LogP) is 6.82. The van der Waals surface area contributed by atoms with Crippen molar-refractivity contribution in [2.75, 3.05) is 46.7 Å². The number of halogens is 1. The summed E-state index contributed by atoms with van der Waals surface area (Å²) in [6, 6.07) is 12.9. The fourth-order valence-corrected chi connectivity index (χ4v) is 5.91. The van der Waals surface area contributed by atoms with E-state index in [1.54, 1.807) is 32.2 Å². The number of piperidine rings is 1. The summed E-state index contributed by atoms with van der Waals surface area (Å²) in [5.41, 5.74) is 1.44. The molecule has 1 aliphatic rings. The second kappa shape index (κ2) is 18.1. The summed E-state index contributed by atoms with van der Waals surface area (Å²) in [6.07, 6.45) is 3.50. The first-order valence-electron chi connectivity index (χ1n) is 16.4. The van der Waals surface area contributed by atoms with Gasteiger partial charge >= 0.3 is 6.09 Å². The van der Waals surface area contributed by atoms with Gasteiger partial charge < -0.3 is 38.4 Å². The molecule has 48 heavy (non-hydrogen) atoms. The van der Waals surface area contributed by atoms with E-state index in [1.807, 2.05) is 29.2 Å². The molecule has 1 saturated heterocycles. The summed E-state index contributed by atoms with van der Waals surface area (Å²) in [4.78, 5) is 23.7. The number of likely N-dealkylation sites (tertiary alicyclic amines) is 1. The second-order valence-corrected chi connectivity index (χ2v) is 13.0. The largest absolute Gasteiger partial charge is 0.496 e. The van der Waals surface area contributed by atoms with Crippen molar-refractivity contribution in [1.82, 2.24) is 14.9 Å². The van der Waals surface area contributed by atoms with Crippen LogP contribution in [-0.4, -0.2) is 78.8 Å². The summed E-state index contributed by atoms with van der Waals surface area (Å²) in [6.45, 7) is 10.3. The van der Waals surface area contributed by atoms with E-state index < -0.39 is 0 Å². The fraction of sp³-hybridized carbons (Fsp3) is 0.528. The second-order valence-electron chi connectivity index (χ2n) is 12.6. The summed E-state index contributed by atoms with van der Waals surface area (Å²) >= 11 is 6.27. The van der Waals surface area contributed by atoms with Gasteiger partial charge in [0.05, 0.1) is 32.5 Å². The van der Waals surface area contributed by atoms with Crippen LogP contribution in [-0.2, 0) is 17.8 Å². The van der Waals surface area contributed by atoms with Crippen LogP contribution in [0.15, 0.2) is 42.5 Å². The van der Waals surface area contributed by atoms with Gasteiger partial charge in [0, 0.05) is 43.7 Å². The zero-order chi connectivity index (χ0) is 34.5. The molecule has 1 aliphatic heterocycles. The maximum Gasteiger partial charge on any atom is 0.415 e. The van der Waals surface area contributed by atoms with Gasteiger partial charge in [-0.25, -0.2) is 9.78 Å². The maximum absolute atomic E-state index is 13.3. The Morgan fingerprint density at radius 2 is 1.75 bits per heavy atom. The monoisotopic (exact) mass is 685 g/mol. The Morgan fingerprint density at radius 1 is 0.979 bits per heavy atom. The van der Waals surface area contributed by atoms with Crippen molar-refractivity contribution in [3.8, 4) is 28.9 Å². The Labute approximate surface area is 288 Å². The summed E-state index contributed by atoms with van der Waals surface area (Å²) in [7, 11) is 1.64. The number of rotatable bonds is 16. The number of amides is 1. The van der Waals surface area contributed by atoms with Crippen LogP contribution in [0, 0.1) is 12.3 Å². The minimum atomic E-state index is -0.378. The molecule has 0 radical (unpaired) electrons. The molecule has 2 aromatic carbocycles. The van der Waals surface area contributed by atoms with Crippen molar-refractivity contribution in [3.63, 3.8) is 0 Å². The number of methoxy groups -OCH3 is 1. The molecular formula is C36H48ClN3O8. The molecule has 0 aliphatic carbocycles. The van der Waals surface area contributed by atoms with Crippen molar-refractivity contribution < 1.29 is 38.3 Å². The van der Waals surface area contributed by atoms with Gasteiger partial charge in [-0.05, 0) is 49.8 Å². The van der Waals surface area contributed by atoms with Crippen LogP contribution in [0.25, 0.3) is 0 Å². The number of ether oxygens (including phenoxy) is 6. The smallest absolute Gasteiger partial charge is 0.415 e. The maximum atomic E-state index is 13.3. The quantitative estimate of drug-likeness (QED) is 0.127. The molecule has 1 amide bonds. The molecule has 1 aromatic heterocycles. The average Bonchev–Trinajstić information content (AvgIpc) is 3.06. The molecule has 0 saturated carbocycles. The number of carbonyl (C=O) groups excluding carboxylic acids is 1. The van der Waals surface area contributed by atoms with Gasteiger partial charge in [0.1, 0.15) is 35.7 Å². The number of carbonyl (C=O) groups is 1. The van der Waals surface area contributed by atoms with E-state index >= 15 is 0 Å². The number of aliphatic hydroxyl groups is 1. The van der Waals surface area contributed by atoms with Crippen LogP contribution < -0.4 is 23.7 Å². The SMILES string of the molecule is COc1ccccc1COCCCOc1ccc(OC(=O)N2CCCCC2C(C)(C)C)cc1OCCOc1nc(C)nc(Cl)c1CCO. The number of aryl methyl sites for hydroxylation is 1. The number of hydrogen-bond acceptors (Lipinski definition) is 10. The highest BCUT2D eigenvalue weighted by Gasteiger charge is 2.36. The van der Waals surface area contributed by atoms with Gasteiger partial charge in [0.15, 0.2) is 11.5 Å². The third-order valence-corrected chi connectivity index (χ3v) is 8.28. The van der Waals surface area contributed by atoms with Crippen molar-refractivity contribution in [3.05, 3.63) is 64.6 Å². The minimum absolute atomic E-state index is 0.0637. The van der Waals surface area contributed by atoms with Gasteiger partial charge in [-0.3, -0.25) is 0 Å². The molecule has 1 N–H and O–H groups in total. The van der Waals surface area contributed by atoms with Gasteiger partial charge in [-0.2, -0.15) is 4.98 Å². The van der Waals surface area contributed by atoms with E-state index in [9.17, 15) is 9.90 Å². The Kier molecular flexibility index (Phi) is 14.0. The lowest BCUT2D eigenvalue weighted by Crippen LogP contribution is -2.51. The molecule has 3 aromatic rings. The lowest BCUT2D eigenvalue weighted by Gasteiger charge is -2.42. The van der Waals surface area contributed by atoms with E-state index in [0.717, 1.165) is 30.6 Å². The highest BCUT2D eigenvalue weighted by Crippen LogP contribution is 2.35. The molecule has 12 heteroatoms. The summed E-state index contributed by atoms with van der Waals surface area (Å²) in [5.74, 6) is 2.79. The van der Waals surface area contributed by atoms with E-state index in [1.165, 1.54) is 0 Å². The molecule has 1 fully saturated rings. The van der Waals surface area contributed by atoms with Gasteiger partial charge in [0.2, 0.25) is 5.88 Å². The van der Waals surface area contributed by atoms with Crippen LogP contribution in [0.2, 0.25) is 5.15 Å². The lowest BCUT2D eigenvalue weighted by atomic mass is 9.81. The van der Waals surface area contributed by atoms with Crippen LogP contribution >= 0.6 is 11.6 Å². The molecule has 1 atom stereocenters. The third kappa shape index (κ3) is 10.6. The Hall–Kier alpha value is -3.80. The molecular weight excluding hydrogens is 638 g/mol. The number of aromatic nitrogens is 2. The van der Waals surface area contributed by atoms with Gasteiger partial charge in [-0.1, -0.05) is 50.6 Å². The fourth-order valence-electron chi connectivity index (χ4n) is 5.61. The zero-order valence-electron chi connectivity index (χ0n) is 28.6. The molecule has 11 nitrogen and oxygen atoms in total. The standard InChI is InChI=1S/C36H48ClN3O8/c1-25-38-33(37)28(16-18-41)34(39-25)47-22-21-46-31-23-27(48-35(42)40-17-9-8-13-32(40)36(2,3)4)14-15-30(31)45-20-10-19-44-24-26-11-6-7-12-29(26)43-5/h6-7,11-12,14-15,23,32,41H,8-10,13,16-22,24H2,1-5H3. The topological polar surface area (TPSA) is 122 Å². The molecule has 1 unspecified atom stereocenters. The highest BCUT2D eigenvalue weighted by atomic mass is 35.5. The van der Waals surface area contributed by atoms with Crippen LogP contribution in [0.1, 0.15) is 63.4 Å².